The first-order chi connectivity index (χ1) is 10.7. The SMILES string of the molecule is COc1cc(Cl)ccc1C(=O)N1CCC[C@@H](n2cncn2)C1. The minimum absolute atomic E-state index is 0.0432. The number of carbonyl (C=O) groups excluding carboxylic acids is 1. The molecule has 1 aliphatic heterocycles. The smallest absolute Gasteiger partial charge is 0.257 e. The number of hydrogen-bond acceptors (Lipinski definition) is 4. The van der Waals surface area contributed by atoms with Crippen molar-refractivity contribution >= 4 is 17.5 Å². The van der Waals surface area contributed by atoms with Gasteiger partial charge in [0.15, 0.2) is 0 Å². The lowest BCUT2D eigenvalue weighted by molar-refractivity contribution is 0.0669. The highest BCUT2D eigenvalue weighted by Gasteiger charge is 2.27. The van der Waals surface area contributed by atoms with Crippen molar-refractivity contribution in [3.8, 4) is 5.75 Å². The Labute approximate surface area is 133 Å². The van der Waals surface area contributed by atoms with Crippen molar-refractivity contribution < 1.29 is 9.53 Å². The zero-order valence-corrected chi connectivity index (χ0v) is 13.0. The van der Waals surface area contributed by atoms with Gasteiger partial charge in [-0.2, -0.15) is 5.10 Å². The topological polar surface area (TPSA) is 60.2 Å². The predicted octanol–water partition coefficient (Wildman–Crippen LogP) is 2.42. The number of aromatic nitrogens is 3. The Morgan fingerprint density at radius 1 is 1.45 bits per heavy atom. The van der Waals surface area contributed by atoms with Crippen LogP contribution in [0.4, 0.5) is 0 Å². The third-order valence-corrected chi connectivity index (χ3v) is 4.12. The third-order valence-electron chi connectivity index (χ3n) is 3.89. The molecule has 1 saturated heterocycles. The Morgan fingerprint density at radius 3 is 3.05 bits per heavy atom. The molecule has 116 valence electrons. The molecule has 0 unspecified atom stereocenters. The molecule has 1 aliphatic rings. The monoisotopic (exact) mass is 320 g/mol. The van der Waals surface area contributed by atoms with Crippen LogP contribution >= 0.6 is 11.6 Å². The molecule has 0 spiro atoms. The summed E-state index contributed by atoms with van der Waals surface area (Å²) in [6.07, 6.45) is 5.14. The molecule has 3 rings (SSSR count). The van der Waals surface area contributed by atoms with E-state index in [1.54, 1.807) is 24.5 Å². The molecule has 2 aromatic rings. The van der Waals surface area contributed by atoms with Gasteiger partial charge in [0.05, 0.1) is 18.7 Å². The van der Waals surface area contributed by atoms with E-state index < -0.39 is 0 Å². The molecule has 0 saturated carbocycles. The largest absolute Gasteiger partial charge is 0.496 e. The number of carbonyl (C=O) groups is 1. The van der Waals surface area contributed by atoms with Crippen molar-refractivity contribution in [3.63, 3.8) is 0 Å². The van der Waals surface area contributed by atoms with Gasteiger partial charge in [0, 0.05) is 18.1 Å². The van der Waals surface area contributed by atoms with E-state index in [0.717, 1.165) is 19.4 Å². The molecule has 6 nitrogen and oxygen atoms in total. The predicted molar refractivity (Wildman–Crippen MR) is 82.2 cm³/mol. The summed E-state index contributed by atoms with van der Waals surface area (Å²) in [6, 6.07) is 5.24. The van der Waals surface area contributed by atoms with Crippen LogP contribution in [0.2, 0.25) is 5.02 Å². The summed E-state index contributed by atoms with van der Waals surface area (Å²) >= 11 is 5.95. The second-order valence-corrected chi connectivity index (χ2v) is 5.70. The van der Waals surface area contributed by atoms with Gasteiger partial charge >= 0.3 is 0 Å². The Kier molecular flexibility index (Phi) is 4.29. The lowest BCUT2D eigenvalue weighted by Gasteiger charge is -2.33. The summed E-state index contributed by atoms with van der Waals surface area (Å²) in [6.45, 7) is 1.35. The summed E-state index contributed by atoms with van der Waals surface area (Å²) in [4.78, 5) is 18.6. The summed E-state index contributed by atoms with van der Waals surface area (Å²) in [5.41, 5.74) is 0.533. The lowest BCUT2D eigenvalue weighted by atomic mass is 10.0. The summed E-state index contributed by atoms with van der Waals surface area (Å²) in [5, 5.41) is 4.73. The maximum Gasteiger partial charge on any atom is 0.257 e. The standard InChI is InChI=1S/C15H17ClN4O2/c1-22-14-7-11(16)4-5-13(14)15(21)19-6-2-3-12(8-19)20-10-17-9-18-20/h4-5,7,9-10,12H,2-3,6,8H2,1H3/t12-/m1/s1. The first-order valence-electron chi connectivity index (χ1n) is 7.16. The number of benzene rings is 1. The summed E-state index contributed by atoms with van der Waals surface area (Å²) < 4.78 is 7.10. The molecule has 0 bridgehead atoms. The molecule has 0 aliphatic carbocycles. The van der Waals surface area contributed by atoms with Crippen LogP contribution in [0.3, 0.4) is 0 Å². The molecule has 2 heterocycles. The normalized spacial score (nSPS) is 18.3. The average Bonchev–Trinajstić information content (AvgIpc) is 3.08. The van der Waals surface area contributed by atoms with Crippen LogP contribution in [-0.4, -0.2) is 45.8 Å². The zero-order valence-electron chi connectivity index (χ0n) is 12.3. The number of methoxy groups -OCH3 is 1. The quantitative estimate of drug-likeness (QED) is 0.871. The number of ether oxygens (including phenoxy) is 1. The van der Waals surface area contributed by atoms with Crippen molar-refractivity contribution in [2.75, 3.05) is 20.2 Å². The van der Waals surface area contributed by atoms with Crippen LogP contribution in [0, 0.1) is 0 Å². The minimum Gasteiger partial charge on any atom is -0.496 e. The van der Waals surface area contributed by atoms with E-state index >= 15 is 0 Å². The molecule has 1 amide bonds. The van der Waals surface area contributed by atoms with E-state index in [1.165, 1.54) is 13.4 Å². The molecule has 1 aromatic heterocycles. The molecule has 7 heteroatoms. The summed E-state index contributed by atoms with van der Waals surface area (Å²) in [5.74, 6) is 0.457. The Morgan fingerprint density at radius 2 is 2.32 bits per heavy atom. The molecule has 1 atom stereocenters. The van der Waals surface area contributed by atoms with Crippen LogP contribution in [0.1, 0.15) is 29.2 Å². The van der Waals surface area contributed by atoms with E-state index in [0.29, 0.717) is 22.9 Å². The molecular weight excluding hydrogens is 304 g/mol. The van der Waals surface area contributed by atoms with Crippen molar-refractivity contribution in [2.24, 2.45) is 0 Å². The summed E-state index contributed by atoms with van der Waals surface area (Å²) in [7, 11) is 1.54. The van der Waals surface area contributed by atoms with Crippen LogP contribution in [0.25, 0.3) is 0 Å². The van der Waals surface area contributed by atoms with Gasteiger partial charge in [-0.3, -0.25) is 4.79 Å². The van der Waals surface area contributed by atoms with E-state index in [9.17, 15) is 4.79 Å². The first-order valence-corrected chi connectivity index (χ1v) is 7.54. The van der Waals surface area contributed by atoms with E-state index in [1.807, 2.05) is 9.58 Å². The molecule has 1 aromatic carbocycles. The number of amides is 1. The second kappa shape index (κ2) is 6.36. The number of nitrogens with zero attached hydrogens (tertiary/aromatic N) is 4. The van der Waals surface area contributed by atoms with Crippen molar-refractivity contribution in [1.29, 1.82) is 0 Å². The molecule has 0 radical (unpaired) electrons. The average molecular weight is 321 g/mol. The number of halogens is 1. The van der Waals surface area contributed by atoms with E-state index in [-0.39, 0.29) is 11.9 Å². The van der Waals surface area contributed by atoms with E-state index in [2.05, 4.69) is 10.1 Å². The minimum atomic E-state index is -0.0432. The van der Waals surface area contributed by atoms with Crippen molar-refractivity contribution in [1.82, 2.24) is 19.7 Å². The third kappa shape index (κ3) is 2.92. The molecule has 22 heavy (non-hydrogen) atoms. The Bertz CT molecular complexity index is 660. The second-order valence-electron chi connectivity index (χ2n) is 5.27. The first kappa shape index (κ1) is 14.8. The van der Waals surface area contributed by atoms with Crippen LogP contribution in [0.15, 0.2) is 30.9 Å². The Hall–Kier alpha value is -2.08. The maximum absolute atomic E-state index is 12.8. The fourth-order valence-electron chi connectivity index (χ4n) is 2.77. The number of hydrogen-bond donors (Lipinski definition) is 0. The fourth-order valence-corrected chi connectivity index (χ4v) is 2.94. The zero-order chi connectivity index (χ0) is 15.5. The van der Waals surface area contributed by atoms with Gasteiger partial charge in [-0.05, 0) is 31.0 Å². The van der Waals surface area contributed by atoms with E-state index in [4.69, 9.17) is 16.3 Å². The maximum atomic E-state index is 12.8. The Balaban J connectivity index is 1.80. The van der Waals surface area contributed by atoms with Gasteiger partial charge in [-0.1, -0.05) is 11.6 Å². The molecule has 0 N–H and O–H groups in total. The van der Waals surface area contributed by atoms with Crippen molar-refractivity contribution in [2.45, 2.75) is 18.9 Å². The molecule has 1 fully saturated rings. The number of rotatable bonds is 3. The van der Waals surface area contributed by atoms with Gasteiger partial charge in [0.1, 0.15) is 18.4 Å². The van der Waals surface area contributed by atoms with Gasteiger partial charge in [0.25, 0.3) is 5.91 Å². The lowest BCUT2D eigenvalue weighted by Crippen LogP contribution is -2.41. The molecular formula is C15H17ClN4O2. The highest BCUT2D eigenvalue weighted by atomic mass is 35.5. The van der Waals surface area contributed by atoms with Gasteiger partial charge < -0.3 is 9.64 Å². The van der Waals surface area contributed by atoms with Crippen LogP contribution in [-0.2, 0) is 0 Å². The highest BCUT2D eigenvalue weighted by Crippen LogP contribution is 2.27. The highest BCUT2D eigenvalue weighted by molar-refractivity contribution is 6.30. The van der Waals surface area contributed by atoms with Gasteiger partial charge in [0.2, 0.25) is 0 Å². The fraction of sp³-hybridized carbons (Fsp3) is 0.400. The number of piperidine rings is 1. The van der Waals surface area contributed by atoms with Crippen molar-refractivity contribution in [3.05, 3.63) is 41.4 Å². The van der Waals surface area contributed by atoms with Gasteiger partial charge in [-0.15, -0.1) is 0 Å². The van der Waals surface area contributed by atoms with Gasteiger partial charge in [-0.25, -0.2) is 9.67 Å². The van der Waals surface area contributed by atoms with Crippen LogP contribution in [0.5, 0.6) is 5.75 Å². The van der Waals surface area contributed by atoms with Crippen LogP contribution < -0.4 is 4.74 Å². The number of likely N-dealkylation sites (tertiary alicyclic amines) is 1.